The van der Waals surface area contributed by atoms with Gasteiger partial charge < -0.3 is 15.3 Å². The summed E-state index contributed by atoms with van der Waals surface area (Å²) in [6, 6.07) is 3.46. The summed E-state index contributed by atoms with van der Waals surface area (Å²) in [6.07, 6.45) is -0.0808. The molecule has 1 atom stereocenters. The van der Waals surface area contributed by atoms with Gasteiger partial charge in [0.05, 0.1) is 12.5 Å². The molecule has 2 rings (SSSR count). The number of carbonyl (C=O) groups is 2. The van der Waals surface area contributed by atoms with E-state index in [-0.39, 0.29) is 18.5 Å². The number of thioether (sulfide) groups is 1. The smallest absolute Gasteiger partial charge is 0.322 e. The fourth-order valence-electron chi connectivity index (χ4n) is 2.21. The van der Waals surface area contributed by atoms with Crippen molar-refractivity contribution >= 4 is 29.4 Å². The monoisotopic (exact) mass is 312 g/mol. The van der Waals surface area contributed by atoms with Crippen molar-refractivity contribution in [3.8, 4) is 0 Å². The topological polar surface area (TPSA) is 69.6 Å². The van der Waals surface area contributed by atoms with Gasteiger partial charge >= 0.3 is 12.0 Å². The van der Waals surface area contributed by atoms with Gasteiger partial charge in [0.15, 0.2) is 0 Å². The van der Waals surface area contributed by atoms with Crippen LogP contribution in [0.15, 0.2) is 18.2 Å². The average molecular weight is 312 g/mol. The van der Waals surface area contributed by atoms with E-state index >= 15 is 0 Å². The Labute approximate surface area is 126 Å². The zero-order valence-corrected chi connectivity index (χ0v) is 12.5. The predicted molar refractivity (Wildman–Crippen MR) is 80.2 cm³/mol. The highest BCUT2D eigenvalue weighted by Gasteiger charge is 2.29. The van der Waals surface area contributed by atoms with Gasteiger partial charge in [0.1, 0.15) is 5.82 Å². The summed E-state index contributed by atoms with van der Waals surface area (Å²) in [5.41, 5.74) is 1.17. The summed E-state index contributed by atoms with van der Waals surface area (Å²) in [5, 5.41) is 11.6. The van der Waals surface area contributed by atoms with Crippen molar-refractivity contribution in [1.82, 2.24) is 4.90 Å². The molecule has 1 aromatic carbocycles. The minimum Gasteiger partial charge on any atom is -0.481 e. The molecular weight excluding hydrogens is 295 g/mol. The summed E-state index contributed by atoms with van der Waals surface area (Å²) >= 11 is 1.63. The lowest BCUT2D eigenvalue weighted by atomic mass is 10.2. The van der Waals surface area contributed by atoms with Crippen molar-refractivity contribution < 1.29 is 19.1 Å². The molecule has 1 aromatic rings. The minimum absolute atomic E-state index is 0.0808. The number of nitrogens with zero attached hydrogens (tertiary/aromatic N) is 1. The molecule has 0 aliphatic carbocycles. The van der Waals surface area contributed by atoms with Gasteiger partial charge in [-0.25, -0.2) is 9.18 Å². The number of hydrogen-bond acceptors (Lipinski definition) is 3. The number of carbonyl (C=O) groups excluding carboxylic acids is 1. The van der Waals surface area contributed by atoms with Crippen molar-refractivity contribution in [2.45, 2.75) is 19.4 Å². The standard InChI is InChI=1S/C14H17FN2O3S/c1-9-2-3-10(15)6-12(9)16-14(20)17-4-5-21-8-11(17)7-13(18)19/h2-3,6,11H,4-5,7-8H2,1H3,(H,16,20)(H,18,19). The van der Waals surface area contributed by atoms with E-state index in [2.05, 4.69) is 5.32 Å². The highest BCUT2D eigenvalue weighted by Crippen LogP contribution is 2.22. The zero-order chi connectivity index (χ0) is 15.4. The minimum atomic E-state index is -0.928. The molecule has 0 saturated carbocycles. The fraction of sp³-hybridized carbons (Fsp3) is 0.429. The number of aryl methyl sites for hydroxylation is 1. The van der Waals surface area contributed by atoms with Gasteiger partial charge in [-0.05, 0) is 24.6 Å². The molecule has 0 bridgehead atoms. The van der Waals surface area contributed by atoms with Crippen LogP contribution in [-0.2, 0) is 4.79 Å². The van der Waals surface area contributed by atoms with Crippen LogP contribution >= 0.6 is 11.8 Å². The van der Waals surface area contributed by atoms with Gasteiger partial charge in [0, 0.05) is 23.7 Å². The summed E-state index contributed by atoms with van der Waals surface area (Å²) in [5.74, 6) is 0.0162. The Morgan fingerprint density at radius 1 is 1.52 bits per heavy atom. The number of amides is 2. The molecule has 1 aliphatic rings. The Balaban J connectivity index is 2.10. The van der Waals surface area contributed by atoms with Crippen molar-refractivity contribution in [2.24, 2.45) is 0 Å². The average Bonchev–Trinajstić information content (AvgIpc) is 2.42. The molecule has 114 valence electrons. The van der Waals surface area contributed by atoms with Crippen molar-refractivity contribution in [3.63, 3.8) is 0 Å². The summed E-state index contributed by atoms with van der Waals surface area (Å²) in [7, 11) is 0. The van der Waals surface area contributed by atoms with E-state index in [9.17, 15) is 14.0 Å². The lowest BCUT2D eigenvalue weighted by molar-refractivity contribution is -0.137. The maximum absolute atomic E-state index is 13.2. The number of carboxylic acids is 1. The maximum atomic E-state index is 13.2. The quantitative estimate of drug-likeness (QED) is 0.900. The van der Waals surface area contributed by atoms with E-state index in [4.69, 9.17) is 5.11 Å². The third-order valence-corrected chi connectivity index (χ3v) is 4.43. The van der Waals surface area contributed by atoms with Crippen LogP contribution in [0.3, 0.4) is 0 Å². The van der Waals surface area contributed by atoms with E-state index in [0.29, 0.717) is 18.0 Å². The third-order valence-electron chi connectivity index (χ3n) is 3.34. The Hall–Kier alpha value is -1.76. The number of anilines is 1. The van der Waals surface area contributed by atoms with Crippen LogP contribution in [0.2, 0.25) is 0 Å². The van der Waals surface area contributed by atoms with Gasteiger partial charge in [-0.1, -0.05) is 6.07 Å². The SMILES string of the molecule is Cc1ccc(F)cc1NC(=O)N1CCSCC1CC(=O)O. The van der Waals surface area contributed by atoms with Gasteiger partial charge in [0.2, 0.25) is 0 Å². The highest BCUT2D eigenvalue weighted by atomic mass is 32.2. The van der Waals surface area contributed by atoms with Gasteiger partial charge in [0.25, 0.3) is 0 Å². The molecule has 1 saturated heterocycles. The van der Waals surface area contributed by atoms with Crippen LogP contribution in [0.5, 0.6) is 0 Å². The Morgan fingerprint density at radius 3 is 3.00 bits per heavy atom. The third kappa shape index (κ3) is 4.10. The molecule has 0 aromatic heterocycles. The zero-order valence-electron chi connectivity index (χ0n) is 11.6. The van der Waals surface area contributed by atoms with Crippen LogP contribution in [-0.4, -0.2) is 46.1 Å². The fourth-order valence-corrected chi connectivity index (χ4v) is 3.27. The predicted octanol–water partition coefficient (Wildman–Crippen LogP) is 2.56. The number of rotatable bonds is 3. The molecule has 1 unspecified atom stereocenters. The van der Waals surface area contributed by atoms with E-state index in [0.717, 1.165) is 11.3 Å². The molecular formula is C14H17FN2O3S. The molecule has 0 spiro atoms. The van der Waals surface area contributed by atoms with Crippen LogP contribution in [0.25, 0.3) is 0 Å². The first-order chi connectivity index (χ1) is 9.97. The Bertz CT molecular complexity index is 553. The van der Waals surface area contributed by atoms with Crippen molar-refractivity contribution in [2.75, 3.05) is 23.4 Å². The number of hydrogen-bond donors (Lipinski definition) is 2. The molecule has 1 aliphatic heterocycles. The largest absolute Gasteiger partial charge is 0.481 e. The molecule has 2 amide bonds. The second-order valence-electron chi connectivity index (χ2n) is 4.91. The van der Waals surface area contributed by atoms with Gasteiger partial charge in [-0.3, -0.25) is 4.79 Å². The number of aliphatic carboxylic acids is 1. The van der Waals surface area contributed by atoms with Crippen LogP contribution < -0.4 is 5.32 Å². The normalized spacial score (nSPS) is 18.4. The highest BCUT2D eigenvalue weighted by molar-refractivity contribution is 7.99. The number of nitrogens with one attached hydrogen (secondary N) is 1. The van der Waals surface area contributed by atoms with Gasteiger partial charge in [-0.15, -0.1) is 0 Å². The maximum Gasteiger partial charge on any atom is 0.322 e. The van der Waals surface area contributed by atoms with E-state index < -0.39 is 11.8 Å². The first kappa shape index (κ1) is 15.6. The van der Waals surface area contributed by atoms with E-state index in [1.165, 1.54) is 17.0 Å². The van der Waals surface area contributed by atoms with E-state index in [1.807, 2.05) is 0 Å². The first-order valence-electron chi connectivity index (χ1n) is 6.60. The summed E-state index contributed by atoms with van der Waals surface area (Å²) in [4.78, 5) is 24.7. The number of urea groups is 1. The Morgan fingerprint density at radius 2 is 2.29 bits per heavy atom. The first-order valence-corrected chi connectivity index (χ1v) is 7.76. The molecule has 5 nitrogen and oxygen atoms in total. The summed E-state index contributed by atoms with van der Waals surface area (Å²) in [6.45, 7) is 2.26. The summed E-state index contributed by atoms with van der Waals surface area (Å²) < 4.78 is 13.2. The van der Waals surface area contributed by atoms with Crippen LogP contribution in [0.1, 0.15) is 12.0 Å². The van der Waals surface area contributed by atoms with Crippen molar-refractivity contribution in [1.29, 1.82) is 0 Å². The second kappa shape index (κ2) is 6.80. The number of halogens is 1. The molecule has 1 heterocycles. The Kier molecular flexibility index (Phi) is 5.06. The van der Waals surface area contributed by atoms with E-state index in [1.54, 1.807) is 24.8 Å². The second-order valence-corrected chi connectivity index (χ2v) is 6.06. The number of carboxylic acid groups (broad SMARTS) is 1. The molecule has 2 N–H and O–H groups in total. The van der Waals surface area contributed by atoms with Crippen LogP contribution in [0.4, 0.5) is 14.9 Å². The molecule has 0 radical (unpaired) electrons. The molecule has 1 fully saturated rings. The molecule has 21 heavy (non-hydrogen) atoms. The van der Waals surface area contributed by atoms with Gasteiger partial charge in [-0.2, -0.15) is 11.8 Å². The number of benzene rings is 1. The molecule has 7 heteroatoms. The van der Waals surface area contributed by atoms with Crippen molar-refractivity contribution in [3.05, 3.63) is 29.6 Å². The lowest BCUT2D eigenvalue weighted by Gasteiger charge is -2.34. The lowest BCUT2D eigenvalue weighted by Crippen LogP contribution is -2.49. The van der Waals surface area contributed by atoms with Crippen LogP contribution in [0, 0.1) is 12.7 Å².